The van der Waals surface area contributed by atoms with Crippen LogP contribution in [-0.4, -0.2) is 0 Å². The van der Waals surface area contributed by atoms with Gasteiger partial charge in [-0.25, -0.2) is 0 Å². The van der Waals surface area contributed by atoms with Gasteiger partial charge >= 0.3 is 0 Å². The number of rotatable bonds is 8. The summed E-state index contributed by atoms with van der Waals surface area (Å²) in [5, 5.41) is 0. The first-order chi connectivity index (χ1) is 16.9. The van der Waals surface area contributed by atoms with Crippen molar-refractivity contribution in [3.8, 4) is 0 Å². The monoisotopic (exact) mass is 454 g/mol. The first-order valence-corrected chi connectivity index (χ1v) is 12.0. The summed E-state index contributed by atoms with van der Waals surface area (Å²) >= 11 is 0. The van der Waals surface area contributed by atoms with Crippen LogP contribution < -0.4 is 0 Å². The minimum absolute atomic E-state index is 1.03. The predicted octanol–water partition coefficient (Wildman–Crippen LogP) is 9.95. The molecule has 0 nitrogen and oxygen atoms in total. The third-order valence-electron chi connectivity index (χ3n) is 6.11. The maximum Gasteiger partial charge on any atom is -0.00855 e. The molecular formula is C35H34. The molecule has 0 atom stereocenters. The topological polar surface area (TPSA) is 0 Å². The van der Waals surface area contributed by atoms with Crippen LogP contribution in [0.15, 0.2) is 139 Å². The van der Waals surface area contributed by atoms with E-state index >= 15 is 0 Å². The summed E-state index contributed by atoms with van der Waals surface area (Å²) in [4.78, 5) is 0. The van der Waals surface area contributed by atoms with E-state index in [9.17, 15) is 0 Å². The van der Waals surface area contributed by atoms with E-state index in [0.717, 1.165) is 27.8 Å². The number of allylic oxidation sites excluding steroid dienone is 14. The molecule has 2 aromatic rings. The minimum atomic E-state index is 1.03. The fourth-order valence-corrected chi connectivity index (χ4v) is 3.98. The molecule has 0 heterocycles. The second-order valence-electron chi connectivity index (χ2n) is 8.62. The Morgan fingerprint density at radius 1 is 0.857 bits per heavy atom. The molecule has 0 bridgehead atoms. The van der Waals surface area contributed by atoms with Crippen LogP contribution in [0, 0.1) is 0 Å². The maximum atomic E-state index is 4.49. The summed E-state index contributed by atoms with van der Waals surface area (Å²) in [7, 11) is 0. The van der Waals surface area contributed by atoms with Gasteiger partial charge in [0.2, 0.25) is 0 Å². The second-order valence-corrected chi connectivity index (χ2v) is 8.62. The van der Waals surface area contributed by atoms with Crippen molar-refractivity contribution in [3.05, 3.63) is 161 Å². The zero-order valence-electron chi connectivity index (χ0n) is 21.3. The lowest BCUT2D eigenvalue weighted by atomic mass is 9.89. The number of hydrogen-bond acceptors (Lipinski definition) is 0. The van der Waals surface area contributed by atoms with E-state index in [1.807, 2.05) is 31.2 Å². The van der Waals surface area contributed by atoms with Crippen LogP contribution in [-0.2, 0) is 0 Å². The summed E-state index contributed by atoms with van der Waals surface area (Å²) < 4.78 is 0. The Bertz CT molecular complexity index is 1330. The smallest absolute Gasteiger partial charge is 0.00855 e. The molecule has 0 unspecified atom stereocenters. The molecular weight excluding hydrogens is 420 g/mol. The molecule has 0 aliphatic heterocycles. The molecule has 1 aliphatic rings. The van der Waals surface area contributed by atoms with Gasteiger partial charge < -0.3 is 0 Å². The summed E-state index contributed by atoms with van der Waals surface area (Å²) in [5.41, 5.74) is 14.7. The summed E-state index contributed by atoms with van der Waals surface area (Å²) in [6.07, 6.45) is 20.5. The van der Waals surface area contributed by atoms with Gasteiger partial charge in [-0.2, -0.15) is 0 Å². The van der Waals surface area contributed by atoms with E-state index in [-0.39, 0.29) is 0 Å². The van der Waals surface area contributed by atoms with Gasteiger partial charge in [-0.1, -0.05) is 104 Å². The lowest BCUT2D eigenvalue weighted by Gasteiger charge is -2.16. The van der Waals surface area contributed by atoms with Crippen LogP contribution in [0.1, 0.15) is 49.9 Å². The Hall–Kier alpha value is -4.12. The van der Waals surface area contributed by atoms with Crippen LogP contribution in [0.3, 0.4) is 0 Å². The quantitative estimate of drug-likeness (QED) is 0.275. The highest BCUT2D eigenvalue weighted by molar-refractivity contribution is 5.87. The normalized spacial score (nSPS) is 14.6. The van der Waals surface area contributed by atoms with Crippen molar-refractivity contribution >= 4 is 22.8 Å². The standard InChI is InChI=1S/C35H34/c1-7-13-28(5)35(34-24-22-33(23-25-34)32-14-11-9-10-12-15-32)29(6)26(3)16-17-27(4)31-20-18-30(8-2)19-21-31/h7-9,11-25H,2,6H2,1,3-5H3/b13-7-,26-16+,27-17+,35-28-. The fraction of sp³-hybridized carbons (Fsp3) is 0.114. The van der Waals surface area contributed by atoms with Gasteiger partial charge in [-0.05, 0) is 102 Å². The zero-order valence-corrected chi connectivity index (χ0v) is 21.3. The molecule has 0 heteroatoms. The first kappa shape index (κ1) is 25.5. The first-order valence-electron chi connectivity index (χ1n) is 12.0. The van der Waals surface area contributed by atoms with Crippen LogP contribution in [0.25, 0.3) is 22.8 Å². The molecule has 0 N–H and O–H groups in total. The van der Waals surface area contributed by atoms with Crippen LogP contribution >= 0.6 is 0 Å². The van der Waals surface area contributed by atoms with Gasteiger partial charge in [-0.3, -0.25) is 0 Å². The third kappa shape index (κ3) is 6.70. The van der Waals surface area contributed by atoms with E-state index in [2.05, 4.69) is 125 Å². The molecule has 0 fully saturated rings. The van der Waals surface area contributed by atoms with Crippen LogP contribution in [0.2, 0.25) is 0 Å². The molecule has 0 amide bonds. The Kier molecular flexibility index (Phi) is 9.02. The van der Waals surface area contributed by atoms with Gasteiger partial charge in [0, 0.05) is 0 Å². The van der Waals surface area contributed by atoms with Crippen LogP contribution in [0.4, 0.5) is 0 Å². The van der Waals surface area contributed by atoms with E-state index in [4.69, 9.17) is 0 Å². The highest BCUT2D eigenvalue weighted by atomic mass is 14.2. The fourth-order valence-electron chi connectivity index (χ4n) is 3.98. The van der Waals surface area contributed by atoms with Gasteiger partial charge in [0.1, 0.15) is 0 Å². The van der Waals surface area contributed by atoms with Gasteiger partial charge in [-0.15, -0.1) is 5.73 Å². The van der Waals surface area contributed by atoms with E-state index in [1.165, 1.54) is 27.8 Å². The molecule has 2 aromatic carbocycles. The van der Waals surface area contributed by atoms with Gasteiger partial charge in [0.05, 0.1) is 0 Å². The molecule has 0 spiro atoms. The Labute approximate surface area is 211 Å². The lowest BCUT2D eigenvalue weighted by molar-refractivity contribution is 1.39. The van der Waals surface area contributed by atoms with Crippen molar-refractivity contribution in [3.63, 3.8) is 0 Å². The summed E-state index contributed by atoms with van der Waals surface area (Å²) in [5.74, 6) is 0. The zero-order chi connectivity index (χ0) is 25.2. The average molecular weight is 455 g/mol. The van der Waals surface area contributed by atoms with E-state index < -0.39 is 0 Å². The van der Waals surface area contributed by atoms with E-state index in [0.29, 0.717) is 0 Å². The molecule has 1 aliphatic carbocycles. The average Bonchev–Trinajstić information content (AvgIpc) is 3.17. The van der Waals surface area contributed by atoms with Crippen molar-refractivity contribution in [1.82, 2.24) is 0 Å². The molecule has 0 saturated carbocycles. The van der Waals surface area contributed by atoms with Crippen molar-refractivity contribution in [2.75, 3.05) is 0 Å². The molecule has 0 aromatic heterocycles. The Balaban J connectivity index is 1.91. The molecule has 0 saturated heterocycles. The van der Waals surface area contributed by atoms with Crippen molar-refractivity contribution in [2.24, 2.45) is 0 Å². The Morgan fingerprint density at radius 2 is 1.54 bits per heavy atom. The molecule has 174 valence electrons. The molecule has 3 rings (SSSR count). The highest BCUT2D eigenvalue weighted by Gasteiger charge is 2.11. The number of hydrogen-bond donors (Lipinski definition) is 0. The largest absolute Gasteiger partial charge is 0.121 e. The lowest BCUT2D eigenvalue weighted by Crippen LogP contribution is -1.95. The van der Waals surface area contributed by atoms with Crippen LogP contribution in [0.5, 0.6) is 0 Å². The van der Waals surface area contributed by atoms with Crippen molar-refractivity contribution in [1.29, 1.82) is 0 Å². The van der Waals surface area contributed by atoms with Gasteiger partial charge in [0.15, 0.2) is 0 Å². The van der Waals surface area contributed by atoms with E-state index in [1.54, 1.807) is 0 Å². The highest BCUT2D eigenvalue weighted by Crippen LogP contribution is 2.32. The molecule has 0 radical (unpaired) electrons. The van der Waals surface area contributed by atoms with Crippen molar-refractivity contribution in [2.45, 2.75) is 27.7 Å². The van der Waals surface area contributed by atoms with Gasteiger partial charge in [0.25, 0.3) is 0 Å². The summed E-state index contributed by atoms with van der Waals surface area (Å²) in [6.45, 7) is 16.8. The third-order valence-corrected chi connectivity index (χ3v) is 6.11. The Morgan fingerprint density at radius 3 is 2.20 bits per heavy atom. The predicted molar refractivity (Wildman–Crippen MR) is 157 cm³/mol. The number of benzene rings is 2. The SMILES string of the molecule is C=Cc1ccc(/C(C)=C/C=C(\C)C(=C)/C(=C(C)/C=C\C)c2ccc(C3=CC=C=CC=C3)cc2)cc1. The maximum absolute atomic E-state index is 4.49. The minimum Gasteiger partial charge on any atom is -0.121 e. The van der Waals surface area contributed by atoms with Crippen molar-refractivity contribution < 1.29 is 0 Å². The molecule has 35 heavy (non-hydrogen) atoms. The second kappa shape index (κ2) is 12.4. The summed E-state index contributed by atoms with van der Waals surface area (Å²) in [6, 6.07) is 17.2.